The molecular weight excluding hydrogens is 460 g/mol. The summed E-state index contributed by atoms with van der Waals surface area (Å²) < 4.78 is 23.3. The molecule has 0 spiro atoms. The molecule has 0 aliphatic carbocycles. The minimum absolute atomic E-state index is 0.0618. The van der Waals surface area contributed by atoms with Crippen molar-refractivity contribution in [2.45, 2.75) is 51.1 Å². The van der Waals surface area contributed by atoms with Gasteiger partial charge in [-0.2, -0.15) is 0 Å². The molecule has 3 rings (SSSR count). The van der Waals surface area contributed by atoms with Crippen LogP contribution >= 0.6 is 0 Å². The second kappa shape index (κ2) is 10.3. The summed E-state index contributed by atoms with van der Waals surface area (Å²) in [6.07, 6.45) is 2.50. The smallest absolute Gasteiger partial charge is 0.355 e. The molecule has 10 heteroatoms. The van der Waals surface area contributed by atoms with E-state index in [4.69, 9.17) is 9.47 Å². The van der Waals surface area contributed by atoms with Crippen LogP contribution in [0.5, 0.6) is 0 Å². The Labute approximate surface area is 200 Å². The molecule has 2 aliphatic heterocycles. The highest BCUT2D eigenvalue weighted by Crippen LogP contribution is 2.36. The second-order valence-corrected chi connectivity index (χ2v) is 10.3. The summed E-state index contributed by atoms with van der Waals surface area (Å²) in [5, 5.41) is 1.74. The molecule has 1 aromatic carbocycles. The monoisotopic (exact) mass is 488 g/mol. The molecule has 1 aromatic rings. The number of ether oxygens (including phenoxy) is 2. The number of benzene rings is 1. The van der Waals surface area contributed by atoms with Crippen molar-refractivity contribution in [1.82, 2.24) is 10.2 Å². The summed E-state index contributed by atoms with van der Waals surface area (Å²) in [5.41, 5.74) is 0.0654. The molecule has 0 radical (unpaired) electrons. The van der Waals surface area contributed by atoms with Crippen molar-refractivity contribution >= 4 is 34.6 Å². The molecule has 1 saturated heterocycles. The van der Waals surface area contributed by atoms with Gasteiger partial charge in [-0.25, -0.2) is 9.59 Å². The molecule has 2 unspecified atom stereocenters. The highest BCUT2D eigenvalue weighted by Gasteiger charge is 2.57. The molecule has 182 valence electrons. The van der Waals surface area contributed by atoms with Crippen molar-refractivity contribution in [1.29, 1.82) is 0 Å². The van der Waals surface area contributed by atoms with E-state index in [1.54, 1.807) is 52.0 Å². The van der Waals surface area contributed by atoms with Crippen LogP contribution in [0.3, 0.4) is 0 Å². The summed E-state index contributed by atoms with van der Waals surface area (Å²) in [6.45, 7) is 6.88. The maximum atomic E-state index is 13.0. The molecule has 2 aliphatic rings. The quantitative estimate of drug-likeness (QED) is 0.350. The fourth-order valence-electron chi connectivity index (χ4n) is 3.61. The average Bonchev–Trinajstić information content (AvgIpc) is 2.75. The maximum Gasteiger partial charge on any atom is 0.355 e. The van der Waals surface area contributed by atoms with Gasteiger partial charge in [-0.15, -0.1) is 0 Å². The Hall–Kier alpha value is -3.27. The van der Waals surface area contributed by atoms with Crippen molar-refractivity contribution in [2.24, 2.45) is 0 Å². The number of rotatable bonds is 7. The Morgan fingerprint density at radius 3 is 2.50 bits per heavy atom. The first kappa shape index (κ1) is 25.4. The highest BCUT2D eigenvalue weighted by atomic mass is 32.2. The summed E-state index contributed by atoms with van der Waals surface area (Å²) in [6, 6.07) is 8.00. The number of esters is 2. The highest BCUT2D eigenvalue weighted by molar-refractivity contribution is 7.86. The maximum absolute atomic E-state index is 13.0. The summed E-state index contributed by atoms with van der Waals surface area (Å²) >= 11 is 0. The fourth-order valence-corrected chi connectivity index (χ4v) is 5.26. The van der Waals surface area contributed by atoms with Crippen LogP contribution in [0.25, 0.3) is 0 Å². The van der Waals surface area contributed by atoms with Gasteiger partial charge >= 0.3 is 11.9 Å². The van der Waals surface area contributed by atoms with E-state index in [2.05, 4.69) is 5.32 Å². The van der Waals surface area contributed by atoms with Crippen LogP contribution in [-0.2, 0) is 45.9 Å². The average molecular weight is 489 g/mol. The number of carbonyl (C=O) groups excluding carboxylic acids is 4. The molecule has 0 aromatic heterocycles. The van der Waals surface area contributed by atoms with Gasteiger partial charge < -0.3 is 14.8 Å². The van der Waals surface area contributed by atoms with Gasteiger partial charge in [-0.1, -0.05) is 30.3 Å². The number of amides is 2. The van der Waals surface area contributed by atoms with Crippen molar-refractivity contribution < 1.29 is 32.9 Å². The number of nitrogens with zero attached hydrogens (tertiary/aromatic N) is 1. The predicted molar refractivity (Wildman–Crippen MR) is 124 cm³/mol. The molecular formula is C24H28N2O7S. The lowest BCUT2D eigenvalue weighted by Crippen LogP contribution is -2.73. The van der Waals surface area contributed by atoms with E-state index >= 15 is 0 Å². The van der Waals surface area contributed by atoms with E-state index < -0.39 is 51.6 Å². The van der Waals surface area contributed by atoms with Crippen molar-refractivity contribution in [3.8, 4) is 0 Å². The molecule has 2 heterocycles. The molecule has 1 fully saturated rings. The van der Waals surface area contributed by atoms with E-state index in [9.17, 15) is 23.4 Å². The molecule has 1 N–H and O–H groups in total. The normalized spacial score (nSPS) is 22.2. The third-order valence-electron chi connectivity index (χ3n) is 4.98. The lowest BCUT2D eigenvalue weighted by Gasteiger charge is -2.49. The first-order valence-electron chi connectivity index (χ1n) is 10.9. The Morgan fingerprint density at radius 2 is 1.88 bits per heavy atom. The van der Waals surface area contributed by atoms with Crippen LogP contribution in [0.2, 0.25) is 0 Å². The van der Waals surface area contributed by atoms with Crippen LogP contribution < -0.4 is 5.32 Å². The number of hydrogen-bond acceptors (Lipinski definition) is 7. The molecule has 34 heavy (non-hydrogen) atoms. The van der Waals surface area contributed by atoms with E-state index in [-0.39, 0.29) is 30.1 Å². The lowest BCUT2D eigenvalue weighted by molar-refractivity contribution is -0.159. The lowest BCUT2D eigenvalue weighted by atomic mass is 10.0. The number of carbonyl (C=O) groups is 4. The fraction of sp³-hybridized carbons (Fsp3) is 0.417. The van der Waals surface area contributed by atoms with Crippen LogP contribution in [0.15, 0.2) is 53.8 Å². The largest absolute Gasteiger partial charge is 0.463 e. The van der Waals surface area contributed by atoms with E-state index in [1.807, 2.05) is 6.07 Å². The van der Waals surface area contributed by atoms with E-state index in [1.165, 1.54) is 6.08 Å². The summed E-state index contributed by atoms with van der Waals surface area (Å²) in [7, 11) is -1.63. The minimum atomic E-state index is -1.63. The predicted octanol–water partition coefficient (Wildman–Crippen LogP) is 1.36. The Morgan fingerprint density at radius 1 is 1.21 bits per heavy atom. The Kier molecular flexibility index (Phi) is 7.71. The zero-order valence-corrected chi connectivity index (χ0v) is 20.3. The molecule has 2 amide bonds. The standard InChI is InChI=1S/C24H28N2O7S/c1-5-32-18(28)12-11-16-14-34(31)22-19(25-17(27)13-15-9-7-6-8-10-15)21(29)26(22)20(16)23(30)33-24(2,3)4/h6-12,19,22H,5,13-14H2,1-4H3,(H,25,27)/t19?,22-,34?/m1/s1. The first-order valence-corrected chi connectivity index (χ1v) is 12.2. The van der Waals surface area contributed by atoms with Gasteiger partial charge in [-0.3, -0.25) is 18.7 Å². The van der Waals surface area contributed by atoms with Crippen LogP contribution in [0.1, 0.15) is 33.3 Å². The van der Waals surface area contributed by atoms with Crippen LogP contribution in [-0.4, -0.2) is 62.2 Å². The Balaban J connectivity index is 1.86. The third kappa shape index (κ3) is 5.80. The van der Waals surface area contributed by atoms with E-state index in [0.29, 0.717) is 0 Å². The number of allylic oxidation sites excluding steroid dienone is 1. The minimum Gasteiger partial charge on any atom is -0.463 e. The molecule has 9 nitrogen and oxygen atoms in total. The molecule has 3 atom stereocenters. The van der Waals surface area contributed by atoms with Crippen molar-refractivity contribution in [3.63, 3.8) is 0 Å². The van der Waals surface area contributed by atoms with Gasteiger partial charge in [0.1, 0.15) is 22.7 Å². The number of hydrogen-bond donors (Lipinski definition) is 1. The van der Waals surface area contributed by atoms with Gasteiger partial charge in [0.2, 0.25) is 5.91 Å². The van der Waals surface area contributed by atoms with Crippen LogP contribution in [0.4, 0.5) is 0 Å². The summed E-state index contributed by atoms with van der Waals surface area (Å²) in [4.78, 5) is 51.4. The van der Waals surface area contributed by atoms with Crippen LogP contribution in [0, 0.1) is 0 Å². The second-order valence-electron chi connectivity index (χ2n) is 8.79. The van der Waals surface area contributed by atoms with Gasteiger partial charge in [-0.05, 0) is 44.9 Å². The van der Waals surface area contributed by atoms with E-state index in [0.717, 1.165) is 16.5 Å². The third-order valence-corrected chi connectivity index (χ3v) is 6.60. The first-order chi connectivity index (χ1) is 16.0. The number of β-lactam (4-membered cyclic amide) rings is 1. The van der Waals surface area contributed by atoms with Crippen molar-refractivity contribution in [3.05, 3.63) is 59.3 Å². The Bertz CT molecular complexity index is 1070. The molecule has 0 bridgehead atoms. The van der Waals surface area contributed by atoms with Gasteiger partial charge in [0.25, 0.3) is 5.91 Å². The van der Waals surface area contributed by atoms with Crippen molar-refractivity contribution in [2.75, 3.05) is 12.4 Å². The van der Waals surface area contributed by atoms with Gasteiger partial charge in [0, 0.05) is 6.08 Å². The zero-order chi connectivity index (χ0) is 25.0. The summed E-state index contributed by atoms with van der Waals surface area (Å²) in [5.74, 6) is -2.46. The number of nitrogens with one attached hydrogen (secondary N) is 1. The van der Waals surface area contributed by atoms with Gasteiger partial charge in [0.15, 0.2) is 0 Å². The SMILES string of the molecule is CCOC(=O)C=CC1=C(C(=O)OC(C)(C)C)N2C(=O)C(NC(=O)Cc3ccccc3)[C@H]2S(=O)C1. The zero-order valence-electron chi connectivity index (χ0n) is 19.5. The molecule has 0 saturated carbocycles. The van der Waals surface area contributed by atoms with Gasteiger partial charge in [0.05, 0.1) is 29.6 Å². The topological polar surface area (TPSA) is 119 Å². The number of fused-ring (bicyclic) bond motifs is 1.